The number of rotatable bonds is 10. The second-order valence-corrected chi connectivity index (χ2v) is 9.35. The van der Waals surface area contributed by atoms with Gasteiger partial charge in [-0.2, -0.15) is 0 Å². The van der Waals surface area contributed by atoms with Crippen LogP contribution in [0, 0.1) is 0 Å². The Balaban J connectivity index is 1.77. The number of fused-ring (bicyclic) bond motifs is 1. The first kappa shape index (κ1) is 22.9. The second kappa shape index (κ2) is 9.55. The fourth-order valence-electron chi connectivity index (χ4n) is 3.02. The maximum atomic E-state index is 12.9. The number of β-lactam (4-membered cyclic amide) rings is 1. The highest BCUT2D eigenvalue weighted by atomic mass is 32.2. The lowest BCUT2D eigenvalue weighted by Crippen LogP contribution is -2.80. The minimum absolute atomic E-state index is 0.0472. The molecule has 0 aromatic carbocycles. The van der Waals surface area contributed by atoms with Gasteiger partial charge in [0.15, 0.2) is 0 Å². The van der Waals surface area contributed by atoms with E-state index in [0.29, 0.717) is 28.0 Å². The molecule has 3 rings (SSSR count). The van der Waals surface area contributed by atoms with E-state index >= 15 is 0 Å². The summed E-state index contributed by atoms with van der Waals surface area (Å²) in [5.41, 5.74) is -1.17. The topological polar surface area (TPSA) is 160 Å². The number of carbonyl (C=O) groups is 3. The smallest absolute Gasteiger partial charge is 0.352 e. The van der Waals surface area contributed by atoms with Gasteiger partial charge in [0.2, 0.25) is 11.1 Å². The van der Waals surface area contributed by atoms with Crippen LogP contribution in [0.5, 0.6) is 0 Å². The molecule has 3 N–H and O–H groups in total. The van der Waals surface area contributed by atoms with E-state index in [4.69, 9.17) is 9.84 Å². The van der Waals surface area contributed by atoms with Gasteiger partial charge in [-0.1, -0.05) is 11.8 Å². The minimum atomic E-state index is -1.62. The number of nitrogens with one attached hydrogen (secondary N) is 1. The van der Waals surface area contributed by atoms with Crippen molar-refractivity contribution in [3.8, 4) is 0 Å². The largest absolute Gasteiger partial charge is 0.477 e. The van der Waals surface area contributed by atoms with E-state index in [1.807, 2.05) is 0 Å². The summed E-state index contributed by atoms with van der Waals surface area (Å²) in [5.74, 6) is -1.22. The number of hydrogen-bond donors (Lipinski definition) is 3. The number of aliphatic hydroxyl groups is 1. The predicted molar refractivity (Wildman–Crippen MR) is 110 cm³/mol. The number of hydrogen-bond acceptors (Lipinski definition) is 11. The van der Waals surface area contributed by atoms with E-state index in [-0.39, 0.29) is 18.1 Å². The SMILES string of the molecule is CO[C@@]1(NC(=O)CSCCO)C(=O)N2C(C(=O)O)=C(CSc3nnnn3C)CS[C@H]21. The van der Waals surface area contributed by atoms with Crippen LogP contribution in [0.25, 0.3) is 0 Å². The quantitative estimate of drug-likeness (QED) is 0.159. The highest BCUT2D eigenvalue weighted by Gasteiger charge is 2.66. The zero-order valence-corrected chi connectivity index (χ0v) is 18.6. The van der Waals surface area contributed by atoms with Crippen molar-refractivity contribution in [2.45, 2.75) is 16.3 Å². The van der Waals surface area contributed by atoms with Gasteiger partial charge in [0.25, 0.3) is 11.6 Å². The van der Waals surface area contributed by atoms with E-state index in [9.17, 15) is 19.5 Å². The van der Waals surface area contributed by atoms with Crippen LogP contribution >= 0.6 is 35.3 Å². The van der Waals surface area contributed by atoms with Crippen molar-refractivity contribution in [3.63, 3.8) is 0 Å². The van der Waals surface area contributed by atoms with Crippen molar-refractivity contribution in [1.82, 2.24) is 30.4 Å². The average molecular weight is 477 g/mol. The number of aromatic nitrogens is 4. The summed E-state index contributed by atoms with van der Waals surface area (Å²) in [6.45, 7) is -0.0590. The molecule has 1 aromatic rings. The Labute approximate surface area is 184 Å². The lowest BCUT2D eigenvalue weighted by atomic mass is 9.98. The molecule has 2 atom stereocenters. The van der Waals surface area contributed by atoms with Crippen molar-refractivity contribution in [2.75, 3.05) is 36.7 Å². The molecule has 0 unspecified atom stereocenters. The number of methoxy groups -OCH3 is 1. The number of thioether (sulfide) groups is 3. The number of ether oxygens (including phenoxy) is 1. The number of carbonyl (C=O) groups excluding carboxylic acids is 2. The maximum Gasteiger partial charge on any atom is 0.352 e. The Hall–Kier alpha value is -1.81. The molecule has 15 heteroatoms. The van der Waals surface area contributed by atoms with Crippen LogP contribution in [-0.4, -0.2) is 101 Å². The molecule has 0 radical (unpaired) electrons. The lowest BCUT2D eigenvalue weighted by molar-refractivity contribution is -0.192. The molecule has 2 aliphatic heterocycles. The third-order valence-electron chi connectivity index (χ3n) is 4.39. The first-order valence-electron chi connectivity index (χ1n) is 8.66. The first-order valence-corrected chi connectivity index (χ1v) is 11.8. The van der Waals surface area contributed by atoms with Gasteiger partial charge in [-0.05, 0) is 16.0 Å². The molecular weight excluding hydrogens is 456 g/mol. The van der Waals surface area contributed by atoms with Gasteiger partial charge < -0.3 is 20.3 Å². The molecule has 3 heterocycles. The Morgan fingerprint density at radius 1 is 1.47 bits per heavy atom. The molecule has 0 bridgehead atoms. The van der Waals surface area contributed by atoms with Crippen LogP contribution in [-0.2, 0) is 26.2 Å². The van der Waals surface area contributed by atoms with Gasteiger partial charge >= 0.3 is 5.97 Å². The molecule has 1 aromatic heterocycles. The minimum Gasteiger partial charge on any atom is -0.477 e. The van der Waals surface area contributed by atoms with Crippen LogP contribution in [0.1, 0.15) is 0 Å². The lowest BCUT2D eigenvalue weighted by Gasteiger charge is -2.55. The summed E-state index contributed by atoms with van der Waals surface area (Å²) in [6, 6.07) is 0. The molecule has 12 nitrogen and oxygen atoms in total. The third-order valence-corrected chi connectivity index (χ3v) is 7.79. The summed E-state index contributed by atoms with van der Waals surface area (Å²) >= 11 is 3.80. The number of nitrogens with zero attached hydrogens (tertiary/aromatic N) is 5. The second-order valence-electron chi connectivity index (χ2n) is 6.23. The summed E-state index contributed by atoms with van der Waals surface area (Å²) in [5, 5.41) is 32.1. The Bertz CT molecular complexity index is 879. The highest BCUT2D eigenvalue weighted by molar-refractivity contribution is 8.01. The molecule has 1 saturated heterocycles. The van der Waals surface area contributed by atoms with E-state index in [1.54, 1.807) is 7.05 Å². The van der Waals surface area contributed by atoms with Gasteiger partial charge in [0.05, 0.1) is 12.4 Å². The average Bonchev–Trinajstić information content (AvgIpc) is 3.14. The Morgan fingerprint density at radius 2 is 2.23 bits per heavy atom. The van der Waals surface area contributed by atoms with Crippen LogP contribution in [0.15, 0.2) is 16.4 Å². The van der Waals surface area contributed by atoms with Gasteiger partial charge in [0.1, 0.15) is 11.1 Å². The van der Waals surface area contributed by atoms with Gasteiger partial charge in [-0.25, -0.2) is 9.48 Å². The van der Waals surface area contributed by atoms with E-state index in [2.05, 4.69) is 20.8 Å². The number of tetrazole rings is 1. The molecule has 1 fully saturated rings. The first-order chi connectivity index (χ1) is 14.4. The van der Waals surface area contributed by atoms with E-state index < -0.39 is 28.9 Å². The number of carboxylic acids is 1. The third kappa shape index (κ3) is 4.16. The summed E-state index contributed by atoms with van der Waals surface area (Å²) in [7, 11) is 2.97. The van der Waals surface area contributed by atoms with Crippen molar-refractivity contribution in [1.29, 1.82) is 0 Å². The molecule has 164 valence electrons. The number of aliphatic carboxylic acids is 1. The van der Waals surface area contributed by atoms with E-state index in [1.165, 1.54) is 47.1 Å². The maximum absolute atomic E-state index is 12.9. The van der Waals surface area contributed by atoms with Crippen LogP contribution < -0.4 is 5.32 Å². The fraction of sp³-hybridized carbons (Fsp3) is 0.600. The molecule has 30 heavy (non-hydrogen) atoms. The Kier molecular flexibility index (Phi) is 7.28. The van der Waals surface area contributed by atoms with Gasteiger partial charge in [0, 0.05) is 31.4 Å². The number of carboxylic acid groups (broad SMARTS) is 1. The Morgan fingerprint density at radius 3 is 2.83 bits per heavy atom. The number of aryl methyl sites for hydroxylation is 1. The molecule has 2 aliphatic rings. The molecule has 0 saturated carbocycles. The molecule has 2 amide bonds. The zero-order valence-electron chi connectivity index (χ0n) is 16.1. The number of amides is 2. The normalized spacial score (nSPS) is 23.2. The van der Waals surface area contributed by atoms with Gasteiger partial charge in [-0.15, -0.1) is 28.6 Å². The summed E-state index contributed by atoms with van der Waals surface area (Å²) < 4.78 is 6.85. The van der Waals surface area contributed by atoms with Crippen LogP contribution in [0.4, 0.5) is 0 Å². The summed E-state index contributed by atoms with van der Waals surface area (Å²) in [6.07, 6.45) is 0. The van der Waals surface area contributed by atoms with Crippen molar-refractivity contribution in [3.05, 3.63) is 11.3 Å². The van der Waals surface area contributed by atoms with Crippen LogP contribution in [0.2, 0.25) is 0 Å². The summed E-state index contributed by atoms with van der Waals surface area (Å²) in [4.78, 5) is 38.3. The molecule has 0 spiro atoms. The van der Waals surface area contributed by atoms with Crippen molar-refractivity contribution < 1.29 is 29.3 Å². The molecular formula is C15H20N6O6S3. The highest BCUT2D eigenvalue weighted by Crippen LogP contribution is 2.47. The number of aliphatic hydroxyl groups excluding tert-OH is 1. The van der Waals surface area contributed by atoms with Gasteiger partial charge in [-0.3, -0.25) is 14.5 Å². The monoisotopic (exact) mass is 476 g/mol. The molecule has 0 aliphatic carbocycles. The fourth-order valence-corrected chi connectivity index (χ4v) is 5.98. The van der Waals surface area contributed by atoms with Crippen molar-refractivity contribution >= 4 is 53.1 Å². The zero-order chi connectivity index (χ0) is 21.9. The standard InChI is InChI=1S/C15H20N6O6S3/c1-20-14(17-18-19-20)30-6-8-5-29-13-15(27-2,16-9(23)7-28-4-3-22)12(26)21(13)10(8)11(24)25/h13,22H,3-7H2,1-2H3,(H,16,23)(H,24,25)/t13-,15-/m0/s1. The van der Waals surface area contributed by atoms with E-state index in [0.717, 1.165) is 4.90 Å². The predicted octanol–water partition coefficient (Wildman–Crippen LogP) is -1.26. The van der Waals surface area contributed by atoms with Crippen molar-refractivity contribution in [2.24, 2.45) is 7.05 Å². The van der Waals surface area contributed by atoms with Crippen LogP contribution in [0.3, 0.4) is 0 Å².